The Kier molecular flexibility index (Phi) is 8.83. The summed E-state index contributed by atoms with van der Waals surface area (Å²) in [5.41, 5.74) is 0. The van der Waals surface area contributed by atoms with Crippen LogP contribution in [0.2, 0.25) is 0 Å². The Bertz CT molecular complexity index is 162. The molecule has 0 saturated carbocycles. The first-order valence-electron chi connectivity index (χ1n) is 4.20. The van der Waals surface area contributed by atoms with E-state index in [2.05, 4.69) is 18.8 Å². The maximum atomic E-state index is 5.38. The number of hydroxylamine groups is 2. The molecule has 5 heteroatoms. The quantitative estimate of drug-likeness (QED) is 0.740. The van der Waals surface area contributed by atoms with Crippen molar-refractivity contribution in [3.05, 3.63) is 0 Å². The second-order valence-corrected chi connectivity index (χ2v) is 2.91. The number of halogens is 2. The van der Waals surface area contributed by atoms with Crippen LogP contribution in [0, 0.1) is 5.92 Å². The van der Waals surface area contributed by atoms with Crippen LogP contribution < -0.4 is 0 Å². The highest BCUT2D eigenvalue weighted by Crippen LogP contribution is 2.09. The Labute approximate surface area is 92.3 Å². The molecule has 0 atom stereocenters. The SMILES string of the molecule is CCON1CCN=C1C(C)C.Cl.Cl. The maximum absolute atomic E-state index is 5.38. The molecule has 0 fully saturated rings. The van der Waals surface area contributed by atoms with Gasteiger partial charge in [0.25, 0.3) is 0 Å². The smallest absolute Gasteiger partial charge is 0.126 e. The van der Waals surface area contributed by atoms with E-state index in [-0.39, 0.29) is 24.8 Å². The molecule has 3 nitrogen and oxygen atoms in total. The lowest BCUT2D eigenvalue weighted by atomic mass is 10.2. The first kappa shape index (κ1) is 15.5. The summed E-state index contributed by atoms with van der Waals surface area (Å²) in [6.45, 7) is 8.79. The standard InChI is InChI=1S/C8H16N2O.2ClH/c1-4-11-10-6-5-9-8(10)7(2)3;;/h7H,4-6H2,1-3H3;2*1H. The van der Waals surface area contributed by atoms with Gasteiger partial charge in [-0.1, -0.05) is 13.8 Å². The lowest BCUT2D eigenvalue weighted by Crippen LogP contribution is -2.31. The predicted molar refractivity (Wildman–Crippen MR) is 60.0 cm³/mol. The fourth-order valence-corrected chi connectivity index (χ4v) is 1.21. The van der Waals surface area contributed by atoms with Gasteiger partial charge in [-0.3, -0.25) is 9.83 Å². The minimum atomic E-state index is 0. The van der Waals surface area contributed by atoms with Crippen LogP contribution in [0.5, 0.6) is 0 Å². The Morgan fingerprint density at radius 3 is 2.54 bits per heavy atom. The number of hydrogen-bond donors (Lipinski definition) is 0. The van der Waals surface area contributed by atoms with Gasteiger partial charge in [0.2, 0.25) is 0 Å². The van der Waals surface area contributed by atoms with Crippen LogP contribution in [0.15, 0.2) is 4.99 Å². The summed E-state index contributed by atoms with van der Waals surface area (Å²) in [6, 6.07) is 0. The van der Waals surface area contributed by atoms with Crippen molar-refractivity contribution in [2.45, 2.75) is 20.8 Å². The van der Waals surface area contributed by atoms with Gasteiger partial charge in [0.05, 0.1) is 19.7 Å². The molecule has 0 radical (unpaired) electrons. The molecule has 1 aliphatic heterocycles. The highest BCUT2D eigenvalue weighted by Gasteiger charge is 2.19. The minimum absolute atomic E-state index is 0. The third-order valence-corrected chi connectivity index (χ3v) is 1.63. The Morgan fingerprint density at radius 1 is 1.46 bits per heavy atom. The zero-order chi connectivity index (χ0) is 8.27. The Hall–Kier alpha value is 0.01000. The number of amidine groups is 1. The van der Waals surface area contributed by atoms with Crippen molar-refractivity contribution in [1.29, 1.82) is 0 Å². The number of rotatable bonds is 3. The summed E-state index contributed by atoms with van der Waals surface area (Å²) in [6.07, 6.45) is 0. The summed E-state index contributed by atoms with van der Waals surface area (Å²) in [4.78, 5) is 9.73. The van der Waals surface area contributed by atoms with E-state index in [1.807, 2.05) is 12.0 Å². The van der Waals surface area contributed by atoms with Gasteiger partial charge in [-0.2, -0.15) is 0 Å². The third-order valence-electron chi connectivity index (χ3n) is 1.63. The molecule has 13 heavy (non-hydrogen) atoms. The predicted octanol–water partition coefficient (Wildman–Crippen LogP) is 2.15. The zero-order valence-corrected chi connectivity index (χ0v) is 9.95. The zero-order valence-electron chi connectivity index (χ0n) is 8.32. The lowest BCUT2D eigenvalue weighted by Gasteiger charge is -2.20. The van der Waals surface area contributed by atoms with E-state index in [1.165, 1.54) is 0 Å². The fourth-order valence-electron chi connectivity index (χ4n) is 1.21. The highest BCUT2D eigenvalue weighted by atomic mass is 35.5. The van der Waals surface area contributed by atoms with Crippen LogP contribution in [0.25, 0.3) is 0 Å². The second kappa shape index (κ2) is 7.42. The summed E-state index contributed by atoms with van der Waals surface area (Å²) < 4.78 is 0. The molecular formula is C8H18Cl2N2O. The van der Waals surface area contributed by atoms with Gasteiger partial charge in [0, 0.05) is 5.92 Å². The van der Waals surface area contributed by atoms with Crippen LogP contribution >= 0.6 is 24.8 Å². The summed E-state index contributed by atoms with van der Waals surface area (Å²) >= 11 is 0. The largest absolute Gasteiger partial charge is 0.273 e. The molecule has 0 aliphatic carbocycles. The minimum Gasteiger partial charge on any atom is -0.273 e. The second-order valence-electron chi connectivity index (χ2n) is 2.91. The number of nitrogens with zero attached hydrogens (tertiary/aromatic N) is 2. The summed E-state index contributed by atoms with van der Waals surface area (Å²) in [5, 5.41) is 1.91. The first-order valence-corrected chi connectivity index (χ1v) is 4.20. The highest BCUT2D eigenvalue weighted by molar-refractivity contribution is 5.85. The van der Waals surface area contributed by atoms with Gasteiger partial charge >= 0.3 is 0 Å². The van der Waals surface area contributed by atoms with E-state index in [0.29, 0.717) is 5.92 Å². The van der Waals surface area contributed by atoms with Crippen molar-refractivity contribution >= 4 is 30.6 Å². The van der Waals surface area contributed by atoms with E-state index < -0.39 is 0 Å². The molecule has 1 aliphatic rings. The van der Waals surface area contributed by atoms with Gasteiger partial charge < -0.3 is 0 Å². The molecule has 1 heterocycles. The van der Waals surface area contributed by atoms with Crippen LogP contribution in [0.1, 0.15) is 20.8 Å². The fraction of sp³-hybridized carbons (Fsp3) is 0.875. The van der Waals surface area contributed by atoms with E-state index in [1.54, 1.807) is 0 Å². The van der Waals surface area contributed by atoms with Crippen molar-refractivity contribution in [1.82, 2.24) is 5.06 Å². The maximum Gasteiger partial charge on any atom is 0.126 e. The third kappa shape index (κ3) is 4.16. The molecular weight excluding hydrogens is 211 g/mol. The number of hydrogen-bond acceptors (Lipinski definition) is 3. The van der Waals surface area contributed by atoms with Gasteiger partial charge in [-0.15, -0.1) is 24.8 Å². The first-order chi connectivity index (χ1) is 5.25. The van der Waals surface area contributed by atoms with Gasteiger partial charge in [0.15, 0.2) is 0 Å². The molecule has 0 N–H and O–H groups in total. The van der Waals surface area contributed by atoms with Crippen LogP contribution in [-0.2, 0) is 4.84 Å². The lowest BCUT2D eigenvalue weighted by molar-refractivity contribution is -0.0878. The van der Waals surface area contributed by atoms with E-state index in [0.717, 1.165) is 25.5 Å². The molecule has 1 rings (SSSR count). The van der Waals surface area contributed by atoms with Crippen LogP contribution in [0.4, 0.5) is 0 Å². The Balaban J connectivity index is 0. The topological polar surface area (TPSA) is 24.8 Å². The van der Waals surface area contributed by atoms with E-state index >= 15 is 0 Å². The van der Waals surface area contributed by atoms with E-state index in [4.69, 9.17) is 4.84 Å². The van der Waals surface area contributed by atoms with Crippen molar-refractivity contribution < 1.29 is 4.84 Å². The average molecular weight is 229 g/mol. The van der Waals surface area contributed by atoms with Crippen LogP contribution in [0.3, 0.4) is 0 Å². The van der Waals surface area contributed by atoms with Crippen molar-refractivity contribution in [2.75, 3.05) is 19.7 Å². The summed E-state index contributed by atoms with van der Waals surface area (Å²) in [5.74, 6) is 1.57. The van der Waals surface area contributed by atoms with Crippen molar-refractivity contribution in [2.24, 2.45) is 10.9 Å². The molecule has 0 unspecified atom stereocenters. The van der Waals surface area contributed by atoms with E-state index in [9.17, 15) is 0 Å². The Morgan fingerprint density at radius 2 is 2.08 bits per heavy atom. The van der Waals surface area contributed by atoms with Crippen molar-refractivity contribution in [3.63, 3.8) is 0 Å². The molecule has 0 spiro atoms. The van der Waals surface area contributed by atoms with Gasteiger partial charge in [-0.05, 0) is 6.92 Å². The molecule has 0 aromatic rings. The molecule has 0 aromatic heterocycles. The molecule has 80 valence electrons. The normalized spacial score (nSPS) is 15.1. The molecule has 0 bridgehead atoms. The molecule has 0 saturated heterocycles. The summed E-state index contributed by atoms with van der Waals surface area (Å²) in [7, 11) is 0. The monoisotopic (exact) mass is 228 g/mol. The average Bonchev–Trinajstić information content (AvgIpc) is 2.36. The van der Waals surface area contributed by atoms with Gasteiger partial charge in [-0.25, -0.2) is 5.06 Å². The number of aliphatic imine (C=N–C) groups is 1. The van der Waals surface area contributed by atoms with Gasteiger partial charge in [0.1, 0.15) is 5.84 Å². The van der Waals surface area contributed by atoms with Crippen LogP contribution in [-0.4, -0.2) is 30.6 Å². The van der Waals surface area contributed by atoms with Crippen molar-refractivity contribution in [3.8, 4) is 0 Å². The molecule has 0 amide bonds. The molecule has 0 aromatic carbocycles.